The number of hydrogen-bond donors (Lipinski definition) is 2. The summed E-state index contributed by atoms with van der Waals surface area (Å²) in [5.74, 6) is 3.19. The molecule has 104 valence electrons. The molecule has 2 aliphatic heterocycles. The molecule has 0 aliphatic carbocycles. The molecule has 2 aliphatic rings. The number of fused-ring (bicyclic) bond motifs is 1. The second-order valence-corrected chi connectivity index (χ2v) is 6.03. The van der Waals surface area contributed by atoms with E-state index in [2.05, 4.69) is 39.3 Å². The van der Waals surface area contributed by atoms with Crippen LogP contribution in [-0.4, -0.2) is 42.2 Å². The molecule has 19 heavy (non-hydrogen) atoms. The lowest BCUT2D eigenvalue weighted by molar-refractivity contribution is 0.556. The minimum atomic E-state index is 0.600. The van der Waals surface area contributed by atoms with Gasteiger partial charge in [0.1, 0.15) is 5.82 Å². The van der Waals surface area contributed by atoms with Crippen LogP contribution >= 0.6 is 0 Å². The molecule has 1 aromatic rings. The van der Waals surface area contributed by atoms with E-state index in [9.17, 15) is 0 Å². The Bertz CT molecular complexity index is 422. The molecule has 3 rings (SSSR count). The number of nitrogens with zero attached hydrogens (tertiary/aromatic N) is 3. The van der Waals surface area contributed by atoms with Crippen molar-refractivity contribution in [2.45, 2.75) is 26.3 Å². The van der Waals surface area contributed by atoms with Crippen LogP contribution in [0.5, 0.6) is 0 Å². The zero-order valence-corrected chi connectivity index (χ0v) is 11.8. The molecule has 0 bridgehead atoms. The molecule has 1 aromatic heterocycles. The highest BCUT2D eigenvalue weighted by atomic mass is 15.3. The Morgan fingerprint density at radius 2 is 2.37 bits per heavy atom. The number of nitrogens with one attached hydrogen (secondary N) is 2. The zero-order valence-electron chi connectivity index (χ0n) is 11.8. The molecule has 5 heteroatoms. The molecule has 2 N–H and O–H groups in total. The summed E-state index contributed by atoms with van der Waals surface area (Å²) in [6, 6.07) is 2.67. The summed E-state index contributed by atoms with van der Waals surface area (Å²) >= 11 is 0. The Hall–Kier alpha value is -1.36. The fourth-order valence-electron chi connectivity index (χ4n) is 2.94. The van der Waals surface area contributed by atoms with Crippen molar-refractivity contribution < 1.29 is 0 Å². The van der Waals surface area contributed by atoms with Gasteiger partial charge in [0, 0.05) is 31.9 Å². The van der Waals surface area contributed by atoms with Crippen LogP contribution in [0, 0.1) is 11.8 Å². The van der Waals surface area contributed by atoms with Gasteiger partial charge >= 0.3 is 0 Å². The summed E-state index contributed by atoms with van der Waals surface area (Å²) in [4.78, 5) is 11.3. The molecule has 0 spiro atoms. The maximum Gasteiger partial charge on any atom is 0.224 e. The van der Waals surface area contributed by atoms with Crippen LogP contribution in [0.3, 0.4) is 0 Å². The SMILES string of the molecule is CC(C)CNc1nccc(N2C[C@H]3CCN[C@H]3C2)n1. The number of rotatable bonds is 4. The van der Waals surface area contributed by atoms with Crippen LogP contribution in [0.25, 0.3) is 0 Å². The predicted molar refractivity (Wildman–Crippen MR) is 77.5 cm³/mol. The monoisotopic (exact) mass is 261 g/mol. The standard InChI is InChI=1S/C14H23N5/c1-10(2)7-17-14-16-6-4-13(18-14)19-8-11-3-5-15-12(11)9-19/h4,6,10-12,15H,3,5,7-9H2,1-2H3,(H,16,17,18)/t11-,12+/m1/s1. The van der Waals surface area contributed by atoms with Gasteiger partial charge in [0.25, 0.3) is 0 Å². The largest absolute Gasteiger partial charge is 0.355 e. The van der Waals surface area contributed by atoms with Crippen molar-refractivity contribution in [2.75, 3.05) is 36.4 Å². The molecule has 0 amide bonds. The summed E-state index contributed by atoms with van der Waals surface area (Å²) in [6.07, 6.45) is 3.15. The smallest absolute Gasteiger partial charge is 0.224 e. The van der Waals surface area contributed by atoms with E-state index in [1.54, 1.807) is 0 Å². The number of hydrogen-bond acceptors (Lipinski definition) is 5. The topological polar surface area (TPSA) is 53.1 Å². The predicted octanol–water partition coefficient (Wildman–Crippen LogP) is 1.34. The molecule has 0 saturated carbocycles. The average Bonchev–Trinajstić information content (AvgIpc) is 2.97. The first kappa shape index (κ1) is 12.7. The van der Waals surface area contributed by atoms with Crippen molar-refractivity contribution in [3.05, 3.63) is 12.3 Å². The van der Waals surface area contributed by atoms with E-state index in [1.807, 2.05) is 12.3 Å². The van der Waals surface area contributed by atoms with Crippen LogP contribution in [0.2, 0.25) is 0 Å². The third kappa shape index (κ3) is 2.81. The van der Waals surface area contributed by atoms with E-state index in [-0.39, 0.29) is 0 Å². The number of aromatic nitrogens is 2. The van der Waals surface area contributed by atoms with E-state index >= 15 is 0 Å². The summed E-state index contributed by atoms with van der Waals surface area (Å²) < 4.78 is 0. The Morgan fingerprint density at radius 1 is 1.47 bits per heavy atom. The van der Waals surface area contributed by atoms with Gasteiger partial charge in [-0.25, -0.2) is 4.98 Å². The number of anilines is 2. The highest BCUT2D eigenvalue weighted by Crippen LogP contribution is 2.28. The first-order valence-electron chi connectivity index (χ1n) is 7.27. The van der Waals surface area contributed by atoms with E-state index in [4.69, 9.17) is 0 Å². The molecule has 5 nitrogen and oxygen atoms in total. The van der Waals surface area contributed by atoms with Crippen molar-refractivity contribution in [2.24, 2.45) is 11.8 Å². The maximum atomic E-state index is 4.63. The van der Waals surface area contributed by atoms with Crippen molar-refractivity contribution in [1.29, 1.82) is 0 Å². The minimum Gasteiger partial charge on any atom is -0.355 e. The summed E-state index contributed by atoms with van der Waals surface area (Å²) in [5, 5.41) is 6.87. The van der Waals surface area contributed by atoms with E-state index in [1.165, 1.54) is 13.0 Å². The van der Waals surface area contributed by atoms with E-state index in [0.29, 0.717) is 12.0 Å². The zero-order chi connectivity index (χ0) is 13.2. The lowest BCUT2D eigenvalue weighted by Crippen LogP contribution is -2.30. The summed E-state index contributed by atoms with van der Waals surface area (Å²) in [6.45, 7) is 8.66. The van der Waals surface area contributed by atoms with E-state index < -0.39 is 0 Å². The van der Waals surface area contributed by atoms with E-state index in [0.717, 1.165) is 37.3 Å². The molecule has 2 saturated heterocycles. The second-order valence-electron chi connectivity index (χ2n) is 6.03. The van der Waals surface area contributed by atoms with Crippen LogP contribution in [0.4, 0.5) is 11.8 Å². The van der Waals surface area contributed by atoms with Crippen molar-refractivity contribution >= 4 is 11.8 Å². The summed E-state index contributed by atoms with van der Waals surface area (Å²) in [5.41, 5.74) is 0. The molecule has 2 fully saturated rings. The summed E-state index contributed by atoms with van der Waals surface area (Å²) in [7, 11) is 0. The van der Waals surface area contributed by atoms with Gasteiger partial charge in [-0.3, -0.25) is 0 Å². The Morgan fingerprint density at radius 3 is 3.16 bits per heavy atom. The fourth-order valence-corrected chi connectivity index (χ4v) is 2.94. The Labute approximate surface area is 114 Å². The average molecular weight is 261 g/mol. The second kappa shape index (κ2) is 5.33. The van der Waals surface area contributed by atoms with Gasteiger partial charge in [0.05, 0.1) is 0 Å². The Kier molecular flexibility index (Phi) is 3.55. The maximum absolute atomic E-state index is 4.63. The molecule has 0 unspecified atom stereocenters. The van der Waals surface area contributed by atoms with Gasteiger partial charge in [-0.15, -0.1) is 0 Å². The van der Waals surface area contributed by atoms with Gasteiger partial charge in [-0.05, 0) is 30.9 Å². The van der Waals surface area contributed by atoms with Gasteiger partial charge in [-0.1, -0.05) is 13.8 Å². The lowest BCUT2D eigenvalue weighted by atomic mass is 10.1. The quantitative estimate of drug-likeness (QED) is 0.856. The van der Waals surface area contributed by atoms with Crippen molar-refractivity contribution in [3.63, 3.8) is 0 Å². The van der Waals surface area contributed by atoms with Gasteiger partial charge in [-0.2, -0.15) is 4.98 Å². The van der Waals surface area contributed by atoms with Crippen LogP contribution in [0.1, 0.15) is 20.3 Å². The molecular weight excluding hydrogens is 238 g/mol. The molecule has 2 atom stereocenters. The van der Waals surface area contributed by atoms with Gasteiger partial charge in [0.2, 0.25) is 5.95 Å². The first-order chi connectivity index (χ1) is 9.22. The lowest BCUT2D eigenvalue weighted by Gasteiger charge is -2.19. The van der Waals surface area contributed by atoms with Crippen molar-refractivity contribution in [3.8, 4) is 0 Å². The highest BCUT2D eigenvalue weighted by molar-refractivity contribution is 5.44. The molecular formula is C14H23N5. The van der Waals surface area contributed by atoms with Gasteiger partial charge < -0.3 is 15.5 Å². The molecule has 0 radical (unpaired) electrons. The molecule has 3 heterocycles. The highest BCUT2D eigenvalue weighted by Gasteiger charge is 2.36. The third-order valence-electron chi connectivity index (χ3n) is 4.00. The van der Waals surface area contributed by atoms with Crippen LogP contribution in [0.15, 0.2) is 12.3 Å². The third-order valence-corrected chi connectivity index (χ3v) is 4.00. The van der Waals surface area contributed by atoms with Crippen molar-refractivity contribution in [1.82, 2.24) is 15.3 Å². The first-order valence-corrected chi connectivity index (χ1v) is 7.27. The Balaban J connectivity index is 1.66. The minimum absolute atomic E-state index is 0.600. The van der Waals surface area contributed by atoms with Crippen LogP contribution < -0.4 is 15.5 Å². The fraction of sp³-hybridized carbons (Fsp3) is 0.714. The van der Waals surface area contributed by atoms with Crippen LogP contribution in [-0.2, 0) is 0 Å². The molecule has 0 aromatic carbocycles. The normalized spacial score (nSPS) is 25.9. The van der Waals surface area contributed by atoms with Gasteiger partial charge in [0.15, 0.2) is 0 Å².